The molecule has 0 radical (unpaired) electrons. The molecule has 1 aromatic heterocycles. The van der Waals surface area contributed by atoms with Gasteiger partial charge in [-0.1, -0.05) is 53.7 Å². The first-order valence-electron chi connectivity index (χ1n) is 10.8. The lowest BCUT2D eigenvalue weighted by atomic mass is 10.1. The number of carbonyl (C=O) groups is 1. The minimum atomic E-state index is -0.326. The highest BCUT2D eigenvalue weighted by molar-refractivity contribution is 7.99. The summed E-state index contributed by atoms with van der Waals surface area (Å²) in [6.07, 6.45) is 0. The number of carbonyl (C=O) groups excluding carboxylic acids is 1. The number of ether oxygens (including phenoxy) is 1. The molecule has 178 valence electrons. The SMILES string of the molecule is COc1ccc(-n2c(SCC(=O)N/N=C(\C)c3ccc(F)cc3)nnc2-c2ccc(C)cc2)cc1. The third kappa shape index (κ3) is 5.93. The fraction of sp³-hybridized carbons (Fsp3) is 0.154. The molecule has 3 aromatic carbocycles. The van der Waals surface area contributed by atoms with Crippen LogP contribution in [0.15, 0.2) is 83.1 Å². The molecular weight excluding hydrogens is 465 g/mol. The molecule has 1 heterocycles. The van der Waals surface area contributed by atoms with Crippen molar-refractivity contribution in [3.05, 3.63) is 89.7 Å². The Balaban J connectivity index is 1.53. The predicted molar refractivity (Wildman–Crippen MR) is 136 cm³/mol. The van der Waals surface area contributed by atoms with Crippen LogP contribution in [0.4, 0.5) is 4.39 Å². The average Bonchev–Trinajstić information content (AvgIpc) is 3.31. The summed E-state index contributed by atoms with van der Waals surface area (Å²) in [5.74, 6) is 0.873. The lowest BCUT2D eigenvalue weighted by Crippen LogP contribution is -2.21. The largest absolute Gasteiger partial charge is 0.497 e. The lowest BCUT2D eigenvalue weighted by Gasteiger charge is -2.11. The summed E-state index contributed by atoms with van der Waals surface area (Å²) in [6.45, 7) is 3.77. The molecule has 0 aliphatic heterocycles. The summed E-state index contributed by atoms with van der Waals surface area (Å²) in [5.41, 5.74) is 6.75. The van der Waals surface area contributed by atoms with Crippen LogP contribution in [0.5, 0.6) is 5.75 Å². The van der Waals surface area contributed by atoms with E-state index in [0.29, 0.717) is 16.7 Å². The number of nitrogens with one attached hydrogen (secondary N) is 1. The molecule has 7 nitrogen and oxygen atoms in total. The Morgan fingerprint density at radius 1 is 1.03 bits per heavy atom. The smallest absolute Gasteiger partial charge is 0.250 e. The summed E-state index contributed by atoms with van der Waals surface area (Å²) >= 11 is 1.26. The number of methoxy groups -OCH3 is 1. The highest BCUT2D eigenvalue weighted by Crippen LogP contribution is 2.29. The van der Waals surface area contributed by atoms with E-state index in [-0.39, 0.29) is 17.5 Å². The van der Waals surface area contributed by atoms with Crippen molar-refractivity contribution in [1.29, 1.82) is 0 Å². The number of halogens is 1. The average molecular weight is 490 g/mol. The molecule has 0 spiro atoms. The fourth-order valence-corrected chi connectivity index (χ4v) is 4.03. The molecule has 9 heteroatoms. The van der Waals surface area contributed by atoms with Crippen molar-refractivity contribution in [2.45, 2.75) is 19.0 Å². The molecular formula is C26H24FN5O2S. The minimum absolute atomic E-state index is 0.0857. The van der Waals surface area contributed by atoms with Crippen molar-refractivity contribution in [1.82, 2.24) is 20.2 Å². The van der Waals surface area contributed by atoms with Crippen LogP contribution in [0.3, 0.4) is 0 Å². The second-order valence-electron chi connectivity index (χ2n) is 7.73. The van der Waals surface area contributed by atoms with Crippen LogP contribution < -0.4 is 10.2 Å². The number of amides is 1. The zero-order valence-electron chi connectivity index (χ0n) is 19.5. The Hall–Kier alpha value is -3.98. The number of rotatable bonds is 8. The Bertz CT molecular complexity index is 1330. The van der Waals surface area contributed by atoms with E-state index in [0.717, 1.165) is 28.1 Å². The molecule has 1 N–H and O–H groups in total. The standard InChI is InChI=1S/C26H24FN5O2S/c1-17-4-6-20(7-5-17)25-30-31-26(32(25)22-12-14-23(34-3)15-13-22)35-16-24(33)29-28-18(2)19-8-10-21(27)11-9-19/h4-15H,16H2,1-3H3,(H,29,33)/b28-18+. The number of hydrogen-bond donors (Lipinski definition) is 1. The Labute approximate surface area is 207 Å². The summed E-state index contributed by atoms with van der Waals surface area (Å²) < 4.78 is 20.3. The van der Waals surface area contributed by atoms with Gasteiger partial charge in [0.1, 0.15) is 11.6 Å². The van der Waals surface area contributed by atoms with Gasteiger partial charge in [-0.25, -0.2) is 9.82 Å². The van der Waals surface area contributed by atoms with Crippen LogP contribution in [-0.4, -0.2) is 39.2 Å². The van der Waals surface area contributed by atoms with Gasteiger partial charge in [-0.05, 0) is 55.8 Å². The van der Waals surface area contributed by atoms with Gasteiger partial charge < -0.3 is 4.74 Å². The third-order valence-corrected chi connectivity index (χ3v) is 6.15. The maximum Gasteiger partial charge on any atom is 0.250 e. The minimum Gasteiger partial charge on any atom is -0.497 e. The van der Waals surface area contributed by atoms with Crippen LogP contribution in [0.1, 0.15) is 18.1 Å². The maximum atomic E-state index is 13.1. The number of hydrazone groups is 1. The summed E-state index contributed by atoms with van der Waals surface area (Å²) in [4.78, 5) is 12.5. The Morgan fingerprint density at radius 2 is 1.71 bits per heavy atom. The molecule has 0 fully saturated rings. The first kappa shape index (κ1) is 24.2. The maximum absolute atomic E-state index is 13.1. The van der Waals surface area contributed by atoms with Gasteiger partial charge in [0.25, 0.3) is 5.91 Å². The van der Waals surface area contributed by atoms with Crippen LogP contribution >= 0.6 is 11.8 Å². The number of aryl methyl sites for hydroxylation is 1. The van der Waals surface area contributed by atoms with Gasteiger partial charge in [-0.2, -0.15) is 5.10 Å². The molecule has 0 saturated carbocycles. The zero-order valence-corrected chi connectivity index (χ0v) is 20.3. The van der Waals surface area contributed by atoms with Crippen molar-refractivity contribution in [2.75, 3.05) is 12.9 Å². The fourth-order valence-electron chi connectivity index (χ4n) is 3.28. The van der Waals surface area contributed by atoms with Gasteiger partial charge in [0, 0.05) is 11.3 Å². The number of hydrogen-bond acceptors (Lipinski definition) is 6. The van der Waals surface area contributed by atoms with Crippen LogP contribution in [0.2, 0.25) is 0 Å². The van der Waals surface area contributed by atoms with Crippen molar-refractivity contribution < 1.29 is 13.9 Å². The van der Waals surface area contributed by atoms with Crippen molar-refractivity contribution >= 4 is 23.4 Å². The zero-order chi connectivity index (χ0) is 24.8. The predicted octanol–water partition coefficient (Wildman–Crippen LogP) is 5.02. The van der Waals surface area contributed by atoms with Crippen molar-refractivity contribution in [3.63, 3.8) is 0 Å². The van der Waals surface area contributed by atoms with Gasteiger partial charge in [0.15, 0.2) is 11.0 Å². The highest BCUT2D eigenvalue weighted by Gasteiger charge is 2.17. The van der Waals surface area contributed by atoms with E-state index < -0.39 is 0 Å². The normalized spacial score (nSPS) is 11.4. The van der Waals surface area contributed by atoms with E-state index in [4.69, 9.17) is 4.74 Å². The second-order valence-corrected chi connectivity index (χ2v) is 8.68. The van der Waals surface area contributed by atoms with E-state index in [1.807, 2.05) is 60.0 Å². The van der Waals surface area contributed by atoms with Gasteiger partial charge in [0.05, 0.1) is 18.6 Å². The topological polar surface area (TPSA) is 81.4 Å². The molecule has 0 aliphatic rings. The summed E-state index contributed by atoms with van der Waals surface area (Å²) in [5, 5.41) is 13.4. The Morgan fingerprint density at radius 3 is 2.37 bits per heavy atom. The Kier molecular flexibility index (Phi) is 7.57. The number of nitrogens with zero attached hydrogens (tertiary/aromatic N) is 4. The third-order valence-electron chi connectivity index (χ3n) is 5.22. The van der Waals surface area contributed by atoms with E-state index in [2.05, 4.69) is 20.7 Å². The molecule has 0 unspecified atom stereocenters. The van der Waals surface area contributed by atoms with Crippen LogP contribution in [0, 0.1) is 12.7 Å². The molecule has 0 atom stereocenters. The molecule has 0 aliphatic carbocycles. The molecule has 35 heavy (non-hydrogen) atoms. The van der Waals surface area contributed by atoms with E-state index in [1.54, 1.807) is 26.2 Å². The van der Waals surface area contributed by atoms with Gasteiger partial charge in [-0.3, -0.25) is 9.36 Å². The molecule has 1 amide bonds. The molecule has 0 saturated heterocycles. The quantitative estimate of drug-likeness (QED) is 0.213. The lowest BCUT2D eigenvalue weighted by molar-refractivity contribution is -0.118. The monoisotopic (exact) mass is 489 g/mol. The van der Waals surface area contributed by atoms with E-state index >= 15 is 0 Å². The van der Waals surface area contributed by atoms with Crippen molar-refractivity contribution in [2.24, 2.45) is 5.10 Å². The molecule has 4 aromatic rings. The van der Waals surface area contributed by atoms with Crippen LogP contribution in [0.25, 0.3) is 17.1 Å². The van der Waals surface area contributed by atoms with Gasteiger partial charge in [0.2, 0.25) is 0 Å². The van der Waals surface area contributed by atoms with Gasteiger partial charge in [-0.15, -0.1) is 10.2 Å². The number of benzene rings is 3. The van der Waals surface area contributed by atoms with E-state index in [1.165, 1.54) is 23.9 Å². The van der Waals surface area contributed by atoms with Crippen LogP contribution in [-0.2, 0) is 4.79 Å². The van der Waals surface area contributed by atoms with Crippen molar-refractivity contribution in [3.8, 4) is 22.8 Å². The summed E-state index contributed by atoms with van der Waals surface area (Å²) in [6, 6.07) is 21.5. The first-order valence-corrected chi connectivity index (χ1v) is 11.8. The first-order chi connectivity index (χ1) is 16.9. The molecule has 4 rings (SSSR count). The number of aromatic nitrogens is 3. The van der Waals surface area contributed by atoms with E-state index in [9.17, 15) is 9.18 Å². The highest BCUT2D eigenvalue weighted by atomic mass is 32.2. The second kappa shape index (κ2) is 11.0. The van der Waals surface area contributed by atoms with Gasteiger partial charge >= 0.3 is 0 Å². The number of thioether (sulfide) groups is 1. The molecule has 0 bridgehead atoms. The summed E-state index contributed by atoms with van der Waals surface area (Å²) in [7, 11) is 1.62.